The summed E-state index contributed by atoms with van der Waals surface area (Å²) in [5.74, 6) is -0.250. The Kier molecular flexibility index (Phi) is 5.45. The molecule has 5 nitrogen and oxygen atoms in total. The number of hydrogen-bond acceptors (Lipinski definition) is 3. The molecule has 0 aliphatic carbocycles. The second kappa shape index (κ2) is 8.17. The van der Waals surface area contributed by atoms with Gasteiger partial charge < -0.3 is 10.6 Å². The number of halogens is 1. The van der Waals surface area contributed by atoms with E-state index in [4.69, 9.17) is 0 Å². The minimum atomic E-state index is -0.294. The zero-order valence-electron chi connectivity index (χ0n) is 16.7. The minimum absolute atomic E-state index is 0.168. The molecule has 2 heterocycles. The predicted molar refractivity (Wildman–Crippen MR) is 112 cm³/mol. The zero-order valence-corrected chi connectivity index (χ0v) is 16.7. The fourth-order valence-corrected chi connectivity index (χ4v) is 3.95. The monoisotopic (exact) mass is 392 g/mol. The van der Waals surface area contributed by atoms with Crippen molar-refractivity contribution >= 4 is 11.6 Å². The molecule has 0 unspecified atom stereocenters. The first-order valence-corrected chi connectivity index (χ1v) is 9.96. The second-order valence-electron chi connectivity index (χ2n) is 7.63. The van der Waals surface area contributed by atoms with E-state index < -0.39 is 0 Å². The van der Waals surface area contributed by atoms with Crippen molar-refractivity contribution in [3.05, 3.63) is 76.9 Å². The third kappa shape index (κ3) is 4.07. The number of hydrogen-bond donors (Lipinski definition) is 2. The number of piperidine rings is 1. The lowest BCUT2D eigenvalue weighted by Crippen LogP contribution is -2.29. The van der Waals surface area contributed by atoms with E-state index in [0.29, 0.717) is 5.56 Å². The van der Waals surface area contributed by atoms with Crippen molar-refractivity contribution in [2.24, 2.45) is 0 Å². The van der Waals surface area contributed by atoms with E-state index in [9.17, 15) is 9.18 Å². The molecule has 1 aliphatic rings. The van der Waals surface area contributed by atoms with E-state index in [0.717, 1.165) is 54.1 Å². The third-order valence-corrected chi connectivity index (χ3v) is 5.48. The summed E-state index contributed by atoms with van der Waals surface area (Å²) >= 11 is 0. The maximum absolute atomic E-state index is 13.4. The number of aryl methyl sites for hydroxylation is 2. The molecule has 1 aliphatic heterocycles. The molecule has 0 saturated carbocycles. The van der Waals surface area contributed by atoms with Gasteiger partial charge in [0.15, 0.2) is 0 Å². The smallest absolute Gasteiger partial charge is 0.259 e. The van der Waals surface area contributed by atoms with E-state index in [1.165, 1.54) is 12.1 Å². The molecule has 0 spiro atoms. The maximum Gasteiger partial charge on any atom is 0.259 e. The molecule has 1 fully saturated rings. The van der Waals surface area contributed by atoms with Gasteiger partial charge in [0.1, 0.15) is 5.82 Å². The van der Waals surface area contributed by atoms with Crippen LogP contribution in [-0.2, 0) is 0 Å². The van der Waals surface area contributed by atoms with Crippen LogP contribution < -0.4 is 10.6 Å². The average molecular weight is 392 g/mol. The number of aromatic nitrogens is 2. The van der Waals surface area contributed by atoms with Gasteiger partial charge >= 0.3 is 0 Å². The number of rotatable bonds is 4. The van der Waals surface area contributed by atoms with Crippen LogP contribution in [0.2, 0.25) is 0 Å². The molecular weight excluding hydrogens is 367 g/mol. The molecule has 1 aromatic heterocycles. The van der Waals surface area contributed by atoms with Crippen molar-refractivity contribution < 1.29 is 9.18 Å². The number of amides is 1. The van der Waals surface area contributed by atoms with Crippen LogP contribution in [0, 0.1) is 19.7 Å². The van der Waals surface area contributed by atoms with Crippen LogP contribution in [-0.4, -0.2) is 28.8 Å². The largest absolute Gasteiger partial charge is 0.322 e. The topological polar surface area (TPSA) is 59.0 Å². The van der Waals surface area contributed by atoms with Gasteiger partial charge in [-0.25, -0.2) is 9.07 Å². The molecule has 0 radical (unpaired) electrons. The number of carbonyl (C=O) groups is 1. The van der Waals surface area contributed by atoms with Gasteiger partial charge in [-0.1, -0.05) is 17.7 Å². The van der Waals surface area contributed by atoms with Gasteiger partial charge in [0, 0.05) is 11.6 Å². The third-order valence-electron chi connectivity index (χ3n) is 5.48. The lowest BCUT2D eigenvalue weighted by molar-refractivity contribution is 0.102. The molecule has 0 bridgehead atoms. The Labute approximate surface area is 169 Å². The van der Waals surface area contributed by atoms with Crippen molar-refractivity contribution in [3.8, 4) is 5.69 Å². The molecule has 1 amide bonds. The SMILES string of the molecule is Cc1ccc(NC(=O)c2cnn(-c3ccc(F)cc3)c2C2CCNCC2)c(C)c1. The Bertz CT molecular complexity index is 1020. The highest BCUT2D eigenvalue weighted by atomic mass is 19.1. The highest BCUT2D eigenvalue weighted by Gasteiger charge is 2.27. The van der Waals surface area contributed by atoms with Gasteiger partial charge in [0.2, 0.25) is 0 Å². The summed E-state index contributed by atoms with van der Waals surface area (Å²) in [7, 11) is 0. The Morgan fingerprint density at radius 3 is 2.55 bits per heavy atom. The van der Waals surface area contributed by atoms with Crippen molar-refractivity contribution in [2.75, 3.05) is 18.4 Å². The number of benzene rings is 2. The first kappa shape index (κ1) is 19.3. The molecule has 2 N–H and O–H groups in total. The van der Waals surface area contributed by atoms with Crippen molar-refractivity contribution in [1.82, 2.24) is 15.1 Å². The van der Waals surface area contributed by atoms with Crippen LogP contribution in [0.15, 0.2) is 48.7 Å². The van der Waals surface area contributed by atoms with Crippen molar-refractivity contribution in [2.45, 2.75) is 32.6 Å². The Balaban J connectivity index is 1.72. The standard InChI is InChI=1S/C23H25FN4O/c1-15-3-8-21(16(2)13-15)27-23(29)20-14-26-28(19-6-4-18(24)5-7-19)22(20)17-9-11-25-12-10-17/h3-8,13-14,17,25H,9-12H2,1-2H3,(H,27,29). The average Bonchev–Trinajstić information content (AvgIpc) is 3.16. The number of anilines is 1. The number of nitrogens with zero attached hydrogens (tertiary/aromatic N) is 2. The van der Waals surface area contributed by atoms with E-state index in [1.54, 1.807) is 23.0 Å². The van der Waals surface area contributed by atoms with Crippen LogP contribution in [0.1, 0.15) is 45.9 Å². The zero-order chi connectivity index (χ0) is 20.4. The van der Waals surface area contributed by atoms with Gasteiger partial charge in [-0.05, 0) is 75.7 Å². The van der Waals surface area contributed by atoms with Gasteiger partial charge in [-0.3, -0.25) is 4.79 Å². The van der Waals surface area contributed by atoms with Gasteiger partial charge in [0.25, 0.3) is 5.91 Å². The highest BCUT2D eigenvalue weighted by Crippen LogP contribution is 2.31. The van der Waals surface area contributed by atoms with E-state index in [-0.39, 0.29) is 17.6 Å². The van der Waals surface area contributed by atoms with E-state index in [1.807, 2.05) is 32.0 Å². The summed E-state index contributed by atoms with van der Waals surface area (Å²) in [4.78, 5) is 13.2. The summed E-state index contributed by atoms with van der Waals surface area (Å²) in [6.07, 6.45) is 3.48. The predicted octanol–water partition coefficient (Wildman–Crippen LogP) is 4.35. The molecular formula is C23H25FN4O. The van der Waals surface area contributed by atoms with Crippen LogP contribution in [0.4, 0.5) is 10.1 Å². The van der Waals surface area contributed by atoms with Gasteiger partial charge in [-0.2, -0.15) is 5.10 Å². The molecule has 6 heteroatoms. The fourth-order valence-electron chi connectivity index (χ4n) is 3.95. The fraction of sp³-hybridized carbons (Fsp3) is 0.304. The second-order valence-corrected chi connectivity index (χ2v) is 7.63. The minimum Gasteiger partial charge on any atom is -0.322 e. The lowest BCUT2D eigenvalue weighted by Gasteiger charge is -2.24. The van der Waals surface area contributed by atoms with Crippen molar-refractivity contribution in [3.63, 3.8) is 0 Å². The van der Waals surface area contributed by atoms with E-state index >= 15 is 0 Å². The molecule has 3 aromatic rings. The Hall–Kier alpha value is -2.99. The van der Waals surface area contributed by atoms with Gasteiger partial charge in [-0.15, -0.1) is 0 Å². The normalized spacial score (nSPS) is 14.7. The Morgan fingerprint density at radius 2 is 1.86 bits per heavy atom. The molecule has 4 rings (SSSR count). The molecule has 2 aromatic carbocycles. The molecule has 0 atom stereocenters. The highest BCUT2D eigenvalue weighted by molar-refractivity contribution is 6.05. The van der Waals surface area contributed by atoms with Crippen LogP contribution >= 0.6 is 0 Å². The number of nitrogens with one attached hydrogen (secondary N) is 2. The van der Waals surface area contributed by atoms with Crippen LogP contribution in [0.5, 0.6) is 0 Å². The Morgan fingerprint density at radius 1 is 1.14 bits per heavy atom. The quantitative estimate of drug-likeness (QED) is 0.694. The summed E-state index contributed by atoms with van der Waals surface area (Å²) in [5, 5.41) is 10.9. The summed E-state index contributed by atoms with van der Waals surface area (Å²) in [5.41, 5.74) is 5.19. The van der Waals surface area contributed by atoms with Crippen LogP contribution in [0.25, 0.3) is 5.69 Å². The first-order chi connectivity index (χ1) is 14.0. The first-order valence-electron chi connectivity index (χ1n) is 9.96. The van der Waals surface area contributed by atoms with Crippen LogP contribution in [0.3, 0.4) is 0 Å². The maximum atomic E-state index is 13.4. The molecule has 29 heavy (non-hydrogen) atoms. The molecule has 1 saturated heterocycles. The summed E-state index contributed by atoms with van der Waals surface area (Å²) in [6.45, 7) is 5.81. The van der Waals surface area contributed by atoms with E-state index in [2.05, 4.69) is 15.7 Å². The molecule has 150 valence electrons. The summed E-state index contributed by atoms with van der Waals surface area (Å²) < 4.78 is 15.2. The summed E-state index contributed by atoms with van der Waals surface area (Å²) in [6, 6.07) is 12.2. The lowest BCUT2D eigenvalue weighted by atomic mass is 9.91. The van der Waals surface area contributed by atoms with Gasteiger partial charge in [0.05, 0.1) is 23.1 Å². The van der Waals surface area contributed by atoms with Crippen molar-refractivity contribution in [1.29, 1.82) is 0 Å². The number of carbonyl (C=O) groups excluding carboxylic acids is 1.